The Kier molecular flexibility index (Phi) is 6.63. The zero-order chi connectivity index (χ0) is 18.2. The normalized spacial score (nSPS) is 11.2. The monoisotopic (exact) mass is 340 g/mol. The van der Waals surface area contributed by atoms with Gasteiger partial charge in [-0.05, 0) is 67.3 Å². The molecule has 4 nitrogen and oxygen atoms in total. The average molecular weight is 340 g/mol. The van der Waals surface area contributed by atoms with Gasteiger partial charge in [-0.3, -0.25) is 0 Å². The Labute approximate surface area is 148 Å². The third kappa shape index (κ3) is 5.11. The smallest absolute Gasteiger partial charge is 0.336 e. The summed E-state index contributed by atoms with van der Waals surface area (Å²) in [5, 5.41) is 9.67. The van der Waals surface area contributed by atoms with Crippen molar-refractivity contribution in [2.24, 2.45) is 0 Å². The Morgan fingerprint density at radius 3 is 2.48 bits per heavy atom. The van der Waals surface area contributed by atoms with Crippen LogP contribution in [0.2, 0.25) is 0 Å². The number of carboxylic acid groups (broad SMARTS) is 1. The van der Waals surface area contributed by atoms with Crippen LogP contribution in [0.3, 0.4) is 0 Å². The molecule has 0 fully saturated rings. The Balaban J connectivity index is 2.38. The van der Waals surface area contributed by atoms with Gasteiger partial charge in [0.15, 0.2) is 0 Å². The molecule has 1 N–H and O–H groups in total. The zero-order valence-corrected chi connectivity index (χ0v) is 14.9. The summed E-state index contributed by atoms with van der Waals surface area (Å²) >= 11 is 0. The van der Waals surface area contributed by atoms with E-state index >= 15 is 0 Å². The van der Waals surface area contributed by atoms with Crippen LogP contribution < -0.4 is 9.47 Å². The lowest BCUT2D eigenvalue weighted by Gasteiger charge is -2.11. The zero-order valence-electron chi connectivity index (χ0n) is 14.9. The number of carbonyl (C=O) groups is 1. The second-order valence-corrected chi connectivity index (χ2v) is 5.69. The Bertz CT molecular complexity index is 762. The summed E-state index contributed by atoms with van der Waals surface area (Å²) in [4.78, 5) is 11.8. The fraction of sp³-hybridized carbons (Fsp3) is 0.286. The van der Waals surface area contributed by atoms with Gasteiger partial charge in [-0.1, -0.05) is 25.1 Å². The molecule has 2 rings (SSSR count). The average Bonchev–Trinajstić information content (AvgIpc) is 2.59. The van der Waals surface area contributed by atoms with Gasteiger partial charge in [-0.15, -0.1) is 0 Å². The molecule has 0 aliphatic carbocycles. The third-order valence-corrected chi connectivity index (χ3v) is 3.67. The molecule has 0 aromatic heterocycles. The molecule has 2 aromatic rings. The van der Waals surface area contributed by atoms with Crippen LogP contribution in [0.5, 0.6) is 11.5 Å². The van der Waals surface area contributed by atoms with Crippen LogP contribution in [0.4, 0.5) is 0 Å². The van der Waals surface area contributed by atoms with Gasteiger partial charge in [-0.25, -0.2) is 4.79 Å². The Morgan fingerprint density at radius 2 is 1.84 bits per heavy atom. The number of ether oxygens (including phenoxy) is 2. The molecule has 0 bridgehead atoms. The van der Waals surface area contributed by atoms with E-state index in [1.807, 2.05) is 51.1 Å². The van der Waals surface area contributed by atoms with E-state index < -0.39 is 5.97 Å². The molecule has 25 heavy (non-hydrogen) atoms. The van der Waals surface area contributed by atoms with Crippen molar-refractivity contribution in [3.8, 4) is 11.5 Å². The van der Waals surface area contributed by atoms with Gasteiger partial charge in [0.25, 0.3) is 0 Å². The van der Waals surface area contributed by atoms with Crippen LogP contribution in [0, 0.1) is 6.92 Å². The van der Waals surface area contributed by atoms with Gasteiger partial charge in [0.05, 0.1) is 18.8 Å². The number of aliphatic carboxylic acids is 1. The predicted molar refractivity (Wildman–Crippen MR) is 100 cm³/mol. The van der Waals surface area contributed by atoms with Crippen LogP contribution in [0.1, 0.15) is 37.0 Å². The van der Waals surface area contributed by atoms with E-state index in [0.29, 0.717) is 18.8 Å². The number of hydrogen-bond acceptors (Lipinski definition) is 3. The van der Waals surface area contributed by atoms with E-state index in [2.05, 4.69) is 0 Å². The number of carboxylic acids is 1. The highest BCUT2D eigenvalue weighted by Gasteiger charge is 2.14. The van der Waals surface area contributed by atoms with E-state index in [9.17, 15) is 9.90 Å². The van der Waals surface area contributed by atoms with Gasteiger partial charge in [0.2, 0.25) is 0 Å². The first-order chi connectivity index (χ1) is 12.0. The highest BCUT2D eigenvalue weighted by atomic mass is 16.5. The molecule has 0 amide bonds. The van der Waals surface area contributed by atoms with Gasteiger partial charge < -0.3 is 14.6 Å². The van der Waals surface area contributed by atoms with E-state index in [4.69, 9.17) is 9.47 Å². The highest BCUT2D eigenvalue weighted by Crippen LogP contribution is 2.26. The first-order valence-electron chi connectivity index (χ1n) is 8.46. The van der Waals surface area contributed by atoms with Crippen molar-refractivity contribution in [2.45, 2.75) is 27.2 Å². The van der Waals surface area contributed by atoms with Crippen molar-refractivity contribution in [1.29, 1.82) is 0 Å². The second kappa shape index (κ2) is 8.92. The number of benzene rings is 2. The molecule has 0 spiro atoms. The van der Waals surface area contributed by atoms with Crippen LogP contribution in [0.25, 0.3) is 11.6 Å². The van der Waals surface area contributed by atoms with E-state index in [-0.39, 0.29) is 5.57 Å². The highest BCUT2D eigenvalue weighted by molar-refractivity contribution is 6.21. The standard InChI is InChI=1S/C21H24O4/c1-4-11-25-17-8-6-7-16(13-17)14-20(21(22)23)19-10-9-18(24-5-2)12-15(19)3/h6-10,12-14H,4-5,11H2,1-3H3,(H,22,23)/b20-14-. The van der Waals surface area contributed by atoms with Gasteiger partial charge >= 0.3 is 5.97 Å². The summed E-state index contributed by atoms with van der Waals surface area (Å²) in [5.41, 5.74) is 2.57. The van der Waals surface area contributed by atoms with Crippen LogP contribution in [-0.2, 0) is 4.79 Å². The van der Waals surface area contributed by atoms with E-state index in [0.717, 1.165) is 29.0 Å². The van der Waals surface area contributed by atoms with Crippen molar-refractivity contribution in [1.82, 2.24) is 0 Å². The molecule has 0 saturated heterocycles. The maximum absolute atomic E-state index is 11.8. The minimum atomic E-state index is -0.966. The largest absolute Gasteiger partial charge is 0.494 e. The Hall–Kier alpha value is -2.75. The van der Waals surface area contributed by atoms with Crippen molar-refractivity contribution in [2.75, 3.05) is 13.2 Å². The lowest BCUT2D eigenvalue weighted by Crippen LogP contribution is -2.02. The predicted octanol–water partition coefficient (Wildman–Crippen LogP) is 4.81. The number of hydrogen-bond donors (Lipinski definition) is 1. The van der Waals surface area contributed by atoms with Crippen LogP contribution in [-0.4, -0.2) is 24.3 Å². The molecule has 0 heterocycles. The summed E-state index contributed by atoms with van der Waals surface area (Å²) in [6.45, 7) is 7.05. The summed E-state index contributed by atoms with van der Waals surface area (Å²) in [6, 6.07) is 12.9. The van der Waals surface area contributed by atoms with Gasteiger partial charge in [0.1, 0.15) is 11.5 Å². The summed E-state index contributed by atoms with van der Waals surface area (Å²) < 4.78 is 11.1. The lowest BCUT2D eigenvalue weighted by molar-refractivity contribution is -0.130. The van der Waals surface area contributed by atoms with E-state index in [1.54, 1.807) is 18.2 Å². The molecule has 0 unspecified atom stereocenters. The van der Waals surface area contributed by atoms with Crippen molar-refractivity contribution in [3.63, 3.8) is 0 Å². The van der Waals surface area contributed by atoms with Crippen molar-refractivity contribution >= 4 is 17.6 Å². The first-order valence-corrected chi connectivity index (χ1v) is 8.46. The van der Waals surface area contributed by atoms with Crippen molar-refractivity contribution in [3.05, 3.63) is 59.2 Å². The minimum Gasteiger partial charge on any atom is -0.494 e. The minimum absolute atomic E-state index is 0.244. The molecule has 0 radical (unpaired) electrons. The number of rotatable bonds is 8. The number of aryl methyl sites for hydroxylation is 1. The second-order valence-electron chi connectivity index (χ2n) is 5.69. The summed E-state index contributed by atoms with van der Waals surface area (Å²) in [7, 11) is 0. The molecule has 0 atom stereocenters. The fourth-order valence-corrected chi connectivity index (χ4v) is 2.53. The lowest BCUT2D eigenvalue weighted by atomic mass is 9.98. The topological polar surface area (TPSA) is 55.8 Å². The van der Waals surface area contributed by atoms with Crippen LogP contribution >= 0.6 is 0 Å². The van der Waals surface area contributed by atoms with Gasteiger partial charge in [0, 0.05) is 0 Å². The first kappa shape index (κ1) is 18.6. The summed E-state index contributed by atoms with van der Waals surface area (Å²) in [5.74, 6) is 0.513. The summed E-state index contributed by atoms with van der Waals surface area (Å²) in [6.07, 6.45) is 2.59. The quantitative estimate of drug-likeness (QED) is 0.553. The SMILES string of the molecule is CCCOc1cccc(/C=C(\C(=O)O)c2ccc(OCC)cc2C)c1. The van der Waals surface area contributed by atoms with E-state index in [1.165, 1.54) is 0 Å². The van der Waals surface area contributed by atoms with Gasteiger partial charge in [-0.2, -0.15) is 0 Å². The third-order valence-electron chi connectivity index (χ3n) is 3.67. The maximum Gasteiger partial charge on any atom is 0.336 e. The Morgan fingerprint density at radius 1 is 1.08 bits per heavy atom. The molecule has 132 valence electrons. The molecule has 2 aromatic carbocycles. The molecule has 4 heteroatoms. The fourth-order valence-electron chi connectivity index (χ4n) is 2.53. The molecular weight excluding hydrogens is 316 g/mol. The maximum atomic E-state index is 11.8. The molecular formula is C21H24O4. The molecule has 0 aliphatic heterocycles. The molecule has 0 aliphatic rings. The molecule has 0 saturated carbocycles. The van der Waals surface area contributed by atoms with Crippen LogP contribution in [0.15, 0.2) is 42.5 Å². The van der Waals surface area contributed by atoms with Crippen molar-refractivity contribution < 1.29 is 19.4 Å².